The Balaban J connectivity index is 1.84. The molecule has 2 aliphatic rings. The van der Waals surface area contributed by atoms with Gasteiger partial charge in [0.1, 0.15) is 0 Å². The average molecular weight is 230 g/mol. The van der Waals surface area contributed by atoms with E-state index in [1.165, 1.54) is 50.8 Å². The Bertz CT molecular complexity index is 382. The number of benzene rings is 1. The molecule has 1 unspecified atom stereocenters. The minimum Gasteiger partial charge on any atom is -0.397 e. The van der Waals surface area contributed by atoms with E-state index in [-0.39, 0.29) is 0 Å². The summed E-state index contributed by atoms with van der Waals surface area (Å²) >= 11 is 0. The summed E-state index contributed by atoms with van der Waals surface area (Å²) < 4.78 is 0. The van der Waals surface area contributed by atoms with Gasteiger partial charge in [-0.15, -0.1) is 0 Å². The molecule has 1 atom stereocenters. The van der Waals surface area contributed by atoms with Crippen LogP contribution in [0.5, 0.6) is 0 Å². The molecule has 1 aliphatic carbocycles. The number of hydrogen-bond acceptors (Lipinski definition) is 2. The molecule has 1 aliphatic heterocycles. The average Bonchev–Trinajstić information content (AvgIpc) is 3.00. The van der Waals surface area contributed by atoms with E-state index >= 15 is 0 Å². The molecule has 2 heteroatoms. The van der Waals surface area contributed by atoms with Crippen LogP contribution >= 0.6 is 0 Å². The maximum atomic E-state index is 6.12. The van der Waals surface area contributed by atoms with Gasteiger partial charge in [0, 0.05) is 12.6 Å². The lowest BCUT2D eigenvalue weighted by Crippen LogP contribution is -2.35. The maximum Gasteiger partial charge on any atom is 0.0602 e. The van der Waals surface area contributed by atoms with Gasteiger partial charge in [0.25, 0.3) is 0 Å². The molecule has 2 fully saturated rings. The normalized spacial score (nSPS) is 25.6. The quantitative estimate of drug-likeness (QED) is 0.789. The van der Waals surface area contributed by atoms with Crippen LogP contribution in [-0.2, 0) is 0 Å². The predicted molar refractivity (Wildman–Crippen MR) is 73.2 cm³/mol. The Morgan fingerprint density at radius 3 is 2.53 bits per heavy atom. The fourth-order valence-corrected chi connectivity index (χ4v) is 3.67. The first kappa shape index (κ1) is 10.9. The molecule has 92 valence electrons. The molecule has 1 aromatic carbocycles. The molecule has 2 nitrogen and oxygen atoms in total. The first-order valence-electron chi connectivity index (χ1n) is 6.97. The Kier molecular flexibility index (Phi) is 2.96. The smallest absolute Gasteiger partial charge is 0.0602 e. The van der Waals surface area contributed by atoms with Crippen molar-refractivity contribution < 1.29 is 0 Å². The van der Waals surface area contributed by atoms with Crippen molar-refractivity contribution in [2.24, 2.45) is 5.92 Å². The first-order valence-corrected chi connectivity index (χ1v) is 6.97. The van der Waals surface area contributed by atoms with E-state index in [1.54, 1.807) is 0 Å². The number of rotatable bonds is 2. The zero-order valence-corrected chi connectivity index (χ0v) is 10.4. The zero-order valence-electron chi connectivity index (χ0n) is 10.4. The standard InChI is InChI=1S/C15H22N2/c16-13-8-3-4-9-15(13)17-11-5-10-14(17)12-6-1-2-7-12/h3-4,8-9,12,14H,1-2,5-7,10-11,16H2. The second-order valence-corrected chi connectivity index (χ2v) is 5.51. The van der Waals surface area contributed by atoms with Crippen LogP contribution < -0.4 is 10.6 Å². The summed E-state index contributed by atoms with van der Waals surface area (Å²) in [6.07, 6.45) is 8.40. The summed E-state index contributed by atoms with van der Waals surface area (Å²) in [5.74, 6) is 0.914. The fraction of sp³-hybridized carbons (Fsp3) is 0.600. The minimum atomic E-state index is 0.752. The number of nitrogen functional groups attached to an aromatic ring is 1. The number of hydrogen-bond donors (Lipinski definition) is 1. The summed E-state index contributed by atoms with van der Waals surface area (Å²) in [6, 6.07) is 9.10. The highest BCUT2D eigenvalue weighted by Crippen LogP contribution is 2.39. The van der Waals surface area contributed by atoms with Gasteiger partial charge in [0.05, 0.1) is 11.4 Å². The van der Waals surface area contributed by atoms with E-state index in [0.29, 0.717) is 0 Å². The van der Waals surface area contributed by atoms with Crippen LogP contribution in [0.25, 0.3) is 0 Å². The molecule has 0 aromatic heterocycles. The molecule has 0 spiro atoms. The number of anilines is 2. The van der Waals surface area contributed by atoms with E-state index in [1.807, 2.05) is 12.1 Å². The Hall–Kier alpha value is -1.18. The van der Waals surface area contributed by atoms with Crippen LogP contribution in [0.3, 0.4) is 0 Å². The molecule has 17 heavy (non-hydrogen) atoms. The highest BCUT2D eigenvalue weighted by atomic mass is 15.2. The molecule has 1 heterocycles. The molecule has 1 saturated carbocycles. The van der Waals surface area contributed by atoms with E-state index < -0.39 is 0 Å². The fourth-order valence-electron chi connectivity index (χ4n) is 3.67. The SMILES string of the molecule is Nc1ccccc1N1CCCC1C1CCCC1. The van der Waals surface area contributed by atoms with Gasteiger partial charge in [-0.05, 0) is 43.7 Å². The lowest BCUT2D eigenvalue weighted by molar-refractivity contribution is 0.431. The molecule has 0 bridgehead atoms. The third-order valence-corrected chi connectivity index (χ3v) is 4.49. The number of nitrogens with zero attached hydrogens (tertiary/aromatic N) is 1. The van der Waals surface area contributed by atoms with Gasteiger partial charge < -0.3 is 10.6 Å². The maximum absolute atomic E-state index is 6.12. The van der Waals surface area contributed by atoms with Gasteiger partial charge in [-0.1, -0.05) is 25.0 Å². The Morgan fingerprint density at radius 1 is 1.00 bits per heavy atom. The molecule has 3 rings (SSSR count). The summed E-state index contributed by atoms with van der Waals surface area (Å²) in [5.41, 5.74) is 8.33. The minimum absolute atomic E-state index is 0.752. The molecule has 0 amide bonds. The van der Waals surface area contributed by atoms with Crippen LogP contribution in [-0.4, -0.2) is 12.6 Å². The van der Waals surface area contributed by atoms with Gasteiger partial charge in [0.15, 0.2) is 0 Å². The van der Waals surface area contributed by atoms with Crippen molar-refractivity contribution in [2.75, 3.05) is 17.2 Å². The molecular weight excluding hydrogens is 208 g/mol. The van der Waals surface area contributed by atoms with E-state index in [2.05, 4.69) is 17.0 Å². The van der Waals surface area contributed by atoms with Gasteiger partial charge in [-0.25, -0.2) is 0 Å². The summed E-state index contributed by atoms with van der Waals surface area (Å²) in [4.78, 5) is 2.57. The van der Waals surface area contributed by atoms with Crippen molar-refractivity contribution in [1.29, 1.82) is 0 Å². The van der Waals surface area contributed by atoms with Gasteiger partial charge >= 0.3 is 0 Å². The molecule has 0 radical (unpaired) electrons. The van der Waals surface area contributed by atoms with Crippen LogP contribution in [0.15, 0.2) is 24.3 Å². The van der Waals surface area contributed by atoms with Gasteiger partial charge in [-0.3, -0.25) is 0 Å². The predicted octanol–water partition coefficient (Wildman–Crippen LogP) is 3.43. The van der Waals surface area contributed by atoms with Crippen molar-refractivity contribution in [2.45, 2.75) is 44.6 Å². The third kappa shape index (κ3) is 2.01. The zero-order chi connectivity index (χ0) is 11.7. The second kappa shape index (κ2) is 4.59. The summed E-state index contributed by atoms with van der Waals surface area (Å²) in [6.45, 7) is 1.19. The summed E-state index contributed by atoms with van der Waals surface area (Å²) in [5, 5.41) is 0. The monoisotopic (exact) mass is 230 g/mol. The van der Waals surface area contributed by atoms with Crippen molar-refractivity contribution in [3.05, 3.63) is 24.3 Å². The van der Waals surface area contributed by atoms with E-state index in [4.69, 9.17) is 5.73 Å². The van der Waals surface area contributed by atoms with Crippen molar-refractivity contribution in [3.63, 3.8) is 0 Å². The van der Waals surface area contributed by atoms with E-state index in [0.717, 1.165) is 17.6 Å². The number of para-hydroxylation sites is 2. The van der Waals surface area contributed by atoms with Crippen LogP contribution in [0.4, 0.5) is 11.4 Å². The molecule has 2 N–H and O–H groups in total. The molecule has 1 aromatic rings. The highest BCUT2D eigenvalue weighted by molar-refractivity contribution is 5.68. The lowest BCUT2D eigenvalue weighted by atomic mass is 9.95. The van der Waals surface area contributed by atoms with Gasteiger partial charge in [0.2, 0.25) is 0 Å². The Morgan fingerprint density at radius 2 is 1.76 bits per heavy atom. The van der Waals surface area contributed by atoms with E-state index in [9.17, 15) is 0 Å². The van der Waals surface area contributed by atoms with Crippen molar-refractivity contribution >= 4 is 11.4 Å². The van der Waals surface area contributed by atoms with Crippen molar-refractivity contribution in [3.8, 4) is 0 Å². The molecule has 1 saturated heterocycles. The molecular formula is C15H22N2. The topological polar surface area (TPSA) is 29.3 Å². The Labute approximate surface area is 104 Å². The third-order valence-electron chi connectivity index (χ3n) is 4.49. The summed E-state index contributed by atoms with van der Waals surface area (Å²) in [7, 11) is 0. The van der Waals surface area contributed by atoms with Gasteiger partial charge in [-0.2, -0.15) is 0 Å². The van der Waals surface area contributed by atoms with Crippen LogP contribution in [0.1, 0.15) is 38.5 Å². The van der Waals surface area contributed by atoms with Crippen molar-refractivity contribution in [1.82, 2.24) is 0 Å². The van der Waals surface area contributed by atoms with Crippen LogP contribution in [0, 0.1) is 5.92 Å². The highest BCUT2D eigenvalue weighted by Gasteiger charge is 2.33. The lowest BCUT2D eigenvalue weighted by Gasteiger charge is -2.32. The second-order valence-electron chi connectivity index (χ2n) is 5.51. The number of nitrogens with two attached hydrogens (primary N) is 1. The van der Waals surface area contributed by atoms with Crippen LogP contribution in [0.2, 0.25) is 0 Å². The largest absolute Gasteiger partial charge is 0.397 e. The first-order chi connectivity index (χ1) is 8.36.